The largest absolute Gasteiger partial charge is 0.507 e. The molecule has 0 aliphatic carbocycles. The highest BCUT2D eigenvalue weighted by molar-refractivity contribution is 14.1. The maximum atomic E-state index is 12.0. The van der Waals surface area contributed by atoms with Crippen molar-refractivity contribution < 1.29 is 9.90 Å². The number of nitrogens with zero attached hydrogens (tertiary/aromatic N) is 3. The number of aryl methyl sites for hydroxylation is 1. The quantitative estimate of drug-likeness (QED) is 0.389. The fourth-order valence-electron chi connectivity index (χ4n) is 2.24. The first kappa shape index (κ1) is 15.5. The molecular formula is C16H13IN4O2. The van der Waals surface area contributed by atoms with Gasteiger partial charge in [-0.1, -0.05) is 30.3 Å². The second-order valence-electron chi connectivity index (χ2n) is 4.92. The number of benzene rings is 2. The van der Waals surface area contributed by atoms with Crippen molar-refractivity contribution in [3.05, 3.63) is 57.4 Å². The number of carbonyl (C=O) groups excluding carboxylic acids is 1. The number of carbonyl (C=O) groups is 1. The summed E-state index contributed by atoms with van der Waals surface area (Å²) in [6, 6.07) is 11.1. The number of aromatic hydroxyl groups is 1. The van der Waals surface area contributed by atoms with Crippen LogP contribution in [0.1, 0.15) is 16.1 Å². The third-order valence-corrected chi connectivity index (χ3v) is 4.10. The van der Waals surface area contributed by atoms with Crippen molar-refractivity contribution >= 4 is 45.5 Å². The first-order valence-electron chi connectivity index (χ1n) is 6.79. The van der Waals surface area contributed by atoms with Crippen molar-refractivity contribution in [2.45, 2.75) is 0 Å². The van der Waals surface area contributed by atoms with Crippen molar-refractivity contribution in [1.82, 2.24) is 15.2 Å². The smallest absolute Gasteiger partial charge is 0.292 e. The average Bonchev–Trinajstić information content (AvgIpc) is 2.88. The van der Waals surface area contributed by atoms with Gasteiger partial charge >= 0.3 is 0 Å². The number of hydrogen-bond acceptors (Lipinski definition) is 4. The van der Waals surface area contributed by atoms with Crippen molar-refractivity contribution in [1.29, 1.82) is 0 Å². The van der Waals surface area contributed by atoms with Gasteiger partial charge in [0.2, 0.25) is 0 Å². The summed E-state index contributed by atoms with van der Waals surface area (Å²) in [5.74, 6) is -0.292. The van der Waals surface area contributed by atoms with Crippen LogP contribution in [0.5, 0.6) is 5.75 Å². The molecule has 6 nitrogen and oxygen atoms in total. The third kappa shape index (κ3) is 3.19. The summed E-state index contributed by atoms with van der Waals surface area (Å²) < 4.78 is 2.31. The van der Waals surface area contributed by atoms with Crippen LogP contribution in [0.3, 0.4) is 0 Å². The van der Waals surface area contributed by atoms with Gasteiger partial charge < -0.3 is 5.11 Å². The molecule has 1 aromatic heterocycles. The number of phenolic OH excluding ortho intramolecular Hbond substituents is 1. The highest BCUT2D eigenvalue weighted by Gasteiger charge is 2.13. The Bertz CT molecular complexity index is 918. The molecule has 0 fully saturated rings. The van der Waals surface area contributed by atoms with Gasteiger partial charge in [-0.05, 0) is 39.4 Å². The number of amides is 1. The van der Waals surface area contributed by atoms with E-state index in [0.29, 0.717) is 11.3 Å². The second kappa shape index (κ2) is 6.37. The highest BCUT2D eigenvalue weighted by Crippen LogP contribution is 2.25. The van der Waals surface area contributed by atoms with E-state index in [1.807, 2.05) is 52.9 Å². The zero-order valence-electron chi connectivity index (χ0n) is 12.2. The first-order valence-corrected chi connectivity index (χ1v) is 7.87. The van der Waals surface area contributed by atoms with Crippen molar-refractivity contribution in [3.63, 3.8) is 0 Å². The van der Waals surface area contributed by atoms with Crippen LogP contribution in [0, 0.1) is 3.57 Å². The predicted octanol–water partition coefficient (Wildman–Crippen LogP) is 2.65. The lowest BCUT2D eigenvalue weighted by molar-refractivity contribution is 0.0948. The van der Waals surface area contributed by atoms with E-state index in [1.54, 1.807) is 24.0 Å². The van der Waals surface area contributed by atoms with Crippen LogP contribution in [0.25, 0.3) is 10.8 Å². The van der Waals surface area contributed by atoms with Crippen LogP contribution in [0.2, 0.25) is 0 Å². The van der Waals surface area contributed by atoms with E-state index in [0.717, 1.165) is 14.3 Å². The number of phenols is 1. The summed E-state index contributed by atoms with van der Waals surface area (Å²) in [5.41, 5.74) is 3.30. The topological polar surface area (TPSA) is 79.5 Å². The Labute approximate surface area is 146 Å². The molecule has 0 spiro atoms. The van der Waals surface area contributed by atoms with Gasteiger partial charge in [-0.2, -0.15) is 10.2 Å². The standard InChI is InChI=1S/C16H13IN4O2/c1-21-9-13(17)15(20-21)16(23)19-18-8-12-11-5-3-2-4-10(11)6-7-14(12)22/h2-9,22H,1H3,(H,19,23)/b18-8-. The van der Waals surface area contributed by atoms with Gasteiger partial charge in [-0.25, -0.2) is 5.43 Å². The summed E-state index contributed by atoms with van der Waals surface area (Å²) in [6.07, 6.45) is 3.18. The molecule has 2 aromatic carbocycles. The lowest BCUT2D eigenvalue weighted by Gasteiger charge is -2.04. The van der Waals surface area contributed by atoms with Gasteiger partial charge in [0.05, 0.1) is 9.78 Å². The molecule has 0 radical (unpaired) electrons. The Morgan fingerprint density at radius 1 is 1.35 bits per heavy atom. The van der Waals surface area contributed by atoms with E-state index in [2.05, 4.69) is 15.6 Å². The molecule has 7 heteroatoms. The summed E-state index contributed by atoms with van der Waals surface area (Å²) in [5, 5.41) is 19.9. The van der Waals surface area contributed by atoms with Crippen molar-refractivity contribution in [2.24, 2.45) is 12.1 Å². The number of nitrogens with one attached hydrogen (secondary N) is 1. The predicted molar refractivity (Wildman–Crippen MR) is 96.6 cm³/mol. The number of hydrogen-bond donors (Lipinski definition) is 2. The van der Waals surface area contributed by atoms with Gasteiger partial charge in [0.25, 0.3) is 5.91 Å². The van der Waals surface area contributed by atoms with Gasteiger partial charge in [-0.15, -0.1) is 0 Å². The Kier molecular flexibility index (Phi) is 4.28. The summed E-state index contributed by atoms with van der Waals surface area (Å²) in [6.45, 7) is 0. The zero-order valence-corrected chi connectivity index (χ0v) is 14.4. The minimum Gasteiger partial charge on any atom is -0.507 e. The minimum absolute atomic E-state index is 0.106. The normalized spacial score (nSPS) is 11.2. The molecule has 3 aromatic rings. The lowest BCUT2D eigenvalue weighted by atomic mass is 10.0. The van der Waals surface area contributed by atoms with E-state index in [1.165, 1.54) is 6.21 Å². The number of halogens is 1. The van der Waals surface area contributed by atoms with Crippen molar-refractivity contribution in [2.75, 3.05) is 0 Å². The van der Waals surface area contributed by atoms with Gasteiger partial charge in [-0.3, -0.25) is 9.48 Å². The van der Waals surface area contributed by atoms with E-state index in [4.69, 9.17) is 0 Å². The Balaban J connectivity index is 1.85. The molecule has 0 unspecified atom stereocenters. The molecule has 1 heterocycles. The number of rotatable bonds is 3. The maximum Gasteiger partial charge on any atom is 0.292 e. The Morgan fingerprint density at radius 2 is 2.13 bits per heavy atom. The van der Waals surface area contributed by atoms with Gasteiger partial charge in [0.1, 0.15) is 5.75 Å². The van der Waals surface area contributed by atoms with Crippen LogP contribution >= 0.6 is 22.6 Å². The molecule has 0 saturated carbocycles. The molecule has 3 rings (SSSR count). The second-order valence-corrected chi connectivity index (χ2v) is 6.08. The fourth-order valence-corrected chi connectivity index (χ4v) is 3.00. The monoisotopic (exact) mass is 420 g/mol. The Morgan fingerprint density at radius 3 is 2.87 bits per heavy atom. The van der Waals surface area contributed by atoms with E-state index < -0.39 is 5.91 Å². The van der Waals surface area contributed by atoms with Crippen LogP contribution in [-0.4, -0.2) is 27.0 Å². The lowest BCUT2D eigenvalue weighted by Crippen LogP contribution is -2.19. The maximum absolute atomic E-state index is 12.0. The summed E-state index contributed by atoms with van der Waals surface area (Å²) in [4.78, 5) is 12.0. The molecular weight excluding hydrogens is 407 g/mol. The Hall–Kier alpha value is -2.42. The molecule has 0 bridgehead atoms. The van der Waals surface area contributed by atoms with Gasteiger partial charge in [0, 0.05) is 18.8 Å². The SMILES string of the molecule is Cn1cc(I)c(C(=O)N/N=C\c2c(O)ccc3ccccc23)n1. The van der Waals surface area contributed by atoms with E-state index >= 15 is 0 Å². The highest BCUT2D eigenvalue weighted by atomic mass is 127. The fraction of sp³-hybridized carbons (Fsp3) is 0.0625. The van der Waals surface area contributed by atoms with Crippen LogP contribution in [0.4, 0.5) is 0 Å². The zero-order chi connectivity index (χ0) is 16.4. The van der Waals surface area contributed by atoms with Crippen molar-refractivity contribution in [3.8, 4) is 5.75 Å². The molecule has 116 valence electrons. The third-order valence-electron chi connectivity index (χ3n) is 3.31. The molecule has 2 N–H and O–H groups in total. The first-order chi connectivity index (χ1) is 11.1. The van der Waals surface area contributed by atoms with Crippen LogP contribution in [-0.2, 0) is 7.05 Å². The molecule has 0 aliphatic rings. The summed E-state index contributed by atoms with van der Waals surface area (Å²) >= 11 is 2.04. The molecule has 1 amide bonds. The molecule has 0 atom stereocenters. The van der Waals surface area contributed by atoms with E-state index in [9.17, 15) is 9.90 Å². The molecule has 0 aliphatic heterocycles. The number of aromatic nitrogens is 2. The van der Waals surface area contributed by atoms with E-state index in [-0.39, 0.29) is 5.75 Å². The molecule has 23 heavy (non-hydrogen) atoms. The molecule has 0 saturated heterocycles. The summed E-state index contributed by atoms with van der Waals surface area (Å²) in [7, 11) is 1.75. The van der Waals surface area contributed by atoms with Gasteiger partial charge in [0.15, 0.2) is 5.69 Å². The minimum atomic E-state index is -0.397. The van der Waals surface area contributed by atoms with Crippen LogP contribution < -0.4 is 5.43 Å². The number of fused-ring (bicyclic) bond motifs is 1. The van der Waals surface area contributed by atoms with Crippen LogP contribution in [0.15, 0.2) is 47.7 Å². The number of hydrazone groups is 1. The average molecular weight is 420 g/mol.